The van der Waals surface area contributed by atoms with E-state index in [0.29, 0.717) is 11.1 Å². The predicted molar refractivity (Wildman–Crippen MR) is 64.8 cm³/mol. The first-order valence-corrected chi connectivity index (χ1v) is 5.76. The van der Waals surface area contributed by atoms with Crippen molar-refractivity contribution >= 4 is 5.78 Å². The Morgan fingerprint density at radius 1 is 1.00 bits per heavy atom. The highest BCUT2D eigenvalue weighted by Gasteiger charge is 2.47. The summed E-state index contributed by atoms with van der Waals surface area (Å²) >= 11 is 0. The molecule has 3 rings (SSSR count). The van der Waals surface area contributed by atoms with E-state index in [0.717, 1.165) is 0 Å². The van der Waals surface area contributed by atoms with Crippen LogP contribution < -0.4 is 0 Å². The second-order valence-corrected chi connectivity index (χ2v) is 4.23. The van der Waals surface area contributed by atoms with E-state index in [2.05, 4.69) is 0 Å². The van der Waals surface area contributed by atoms with Gasteiger partial charge in [-0.2, -0.15) is 0 Å². The Hall–Kier alpha value is -2.00. The number of rotatable bonds is 3. The Balaban J connectivity index is 1.79. The third kappa shape index (κ3) is 1.93. The standard InChI is InChI=1S/C15H11FO2/c16-12-9-5-4-8-11(12)14-15(18-14)13(17)10-6-2-1-3-7-10/h1-9,14-15H/t14-,15+/m0/s1. The van der Waals surface area contributed by atoms with Gasteiger partial charge >= 0.3 is 0 Å². The van der Waals surface area contributed by atoms with Crippen molar-refractivity contribution in [3.63, 3.8) is 0 Å². The highest BCUT2D eigenvalue weighted by atomic mass is 19.1. The summed E-state index contributed by atoms with van der Waals surface area (Å²) in [5, 5.41) is 0. The van der Waals surface area contributed by atoms with Crippen molar-refractivity contribution in [3.05, 3.63) is 71.5 Å². The maximum absolute atomic E-state index is 13.5. The molecule has 0 N–H and O–H groups in total. The van der Waals surface area contributed by atoms with Gasteiger partial charge in [0.05, 0.1) is 0 Å². The van der Waals surface area contributed by atoms with Gasteiger partial charge in [-0.05, 0) is 6.07 Å². The third-order valence-corrected chi connectivity index (χ3v) is 3.02. The molecule has 0 amide bonds. The molecule has 1 saturated heterocycles. The Morgan fingerprint density at radius 3 is 2.39 bits per heavy atom. The van der Waals surface area contributed by atoms with E-state index in [9.17, 15) is 9.18 Å². The summed E-state index contributed by atoms with van der Waals surface area (Å²) in [7, 11) is 0. The SMILES string of the molecule is O=C(c1ccccc1)[C@H]1O[C@H]1c1ccccc1F. The topological polar surface area (TPSA) is 29.6 Å². The zero-order valence-corrected chi connectivity index (χ0v) is 9.55. The number of halogens is 1. The fraction of sp³-hybridized carbons (Fsp3) is 0.133. The molecule has 3 heteroatoms. The summed E-state index contributed by atoms with van der Waals surface area (Å²) < 4.78 is 18.8. The first-order chi connectivity index (χ1) is 8.77. The van der Waals surface area contributed by atoms with Crippen molar-refractivity contribution in [3.8, 4) is 0 Å². The molecule has 2 aromatic rings. The van der Waals surface area contributed by atoms with Crippen LogP contribution in [0.4, 0.5) is 4.39 Å². The minimum Gasteiger partial charge on any atom is -0.356 e. The van der Waals surface area contributed by atoms with Gasteiger partial charge < -0.3 is 4.74 Å². The molecule has 1 fully saturated rings. The average Bonchev–Trinajstić information content (AvgIpc) is 3.20. The van der Waals surface area contributed by atoms with Crippen LogP contribution in [-0.4, -0.2) is 11.9 Å². The fourth-order valence-corrected chi connectivity index (χ4v) is 2.02. The number of carbonyl (C=O) groups is 1. The van der Waals surface area contributed by atoms with Crippen LogP contribution in [0.25, 0.3) is 0 Å². The van der Waals surface area contributed by atoms with Gasteiger partial charge in [0.25, 0.3) is 0 Å². The van der Waals surface area contributed by atoms with Gasteiger partial charge in [-0.3, -0.25) is 4.79 Å². The zero-order chi connectivity index (χ0) is 12.5. The van der Waals surface area contributed by atoms with Crippen LogP contribution in [0.15, 0.2) is 54.6 Å². The lowest BCUT2D eigenvalue weighted by atomic mass is 10.0. The number of carbonyl (C=O) groups excluding carboxylic acids is 1. The van der Waals surface area contributed by atoms with Crippen LogP contribution >= 0.6 is 0 Å². The molecule has 0 bridgehead atoms. The van der Waals surface area contributed by atoms with Crippen LogP contribution in [0, 0.1) is 5.82 Å². The van der Waals surface area contributed by atoms with E-state index in [4.69, 9.17) is 4.74 Å². The molecule has 2 aromatic carbocycles. The van der Waals surface area contributed by atoms with Crippen LogP contribution in [0.1, 0.15) is 22.0 Å². The highest BCUT2D eigenvalue weighted by molar-refractivity contribution is 6.01. The minimum atomic E-state index is -0.552. The van der Waals surface area contributed by atoms with Gasteiger partial charge in [-0.25, -0.2) is 4.39 Å². The smallest absolute Gasteiger partial charge is 0.194 e. The van der Waals surface area contributed by atoms with E-state index in [-0.39, 0.29) is 11.6 Å². The van der Waals surface area contributed by atoms with Crippen molar-refractivity contribution in [1.29, 1.82) is 0 Å². The Bertz CT molecular complexity index is 580. The predicted octanol–water partition coefficient (Wildman–Crippen LogP) is 3.15. The molecular formula is C15H11FO2. The van der Waals surface area contributed by atoms with E-state index < -0.39 is 12.2 Å². The van der Waals surface area contributed by atoms with Crippen molar-refractivity contribution in [2.24, 2.45) is 0 Å². The molecule has 0 spiro atoms. The van der Waals surface area contributed by atoms with E-state index >= 15 is 0 Å². The number of benzene rings is 2. The van der Waals surface area contributed by atoms with Crippen LogP contribution in [0.5, 0.6) is 0 Å². The molecule has 0 radical (unpaired) electrons. The molecule has 0 unspecified atom stereocenters. The first kappa shape index (κ1) is 11.1. The summed E-state index contributed by atoms with van der Waals surface area (Å²) in [6, 6.07) is 15.3. The van der Waals surface area contributed by atoms with E-state index in [1.54, 1.807) is 42.5 Å². The van der Waals surface area contributed by atoms with Crippen molar-refractivity contribution in [2.75, 3.05) is 0 Å². The van der Waals surface area contributed by atoms with Gasteiger partial charge in [0.15, 0.2) is 11.9 Å². The molecule has 2 nitrogen and oxygen atoms in total. The Labute approximate surface area is 104 Å². The molecule has 0 saturated carbocycles. The minimum absolute atomic E-state index is 0.0937. The fourth-order valence-electron chi connectivity index (χ4n) is 2.02. The molecule has 1 heterocycles. The molecule has 1 aliphatic rings. The summed E-state index contributed by atoms with van der Waals surface area (Å²) in [4.78, 5) is 12.1. The molecule has 0 aromatic heterocycles. The molecule has 2 atom stereocenters. The molecular weight excluding hydrogens is 231 g/mol. The van der Waals surface area contributed by atoms with Crippen molar-refractivity contribution in [2.45, 2.75) is 12.2 Å². The first-order valence-electron chi connectivity index (χ1n) is 5.76. The van der Waals surface area contributed by atoms with Crippen LogP contribution in [0.2, 0.25) is 0 Å². The summed E-state index contributed by atoms with van der Waals surface area (Å²) in [5.41, 5.74) is 1.05. The number of epoxide rings is 1. The van der Waals surface area contributed by atoms with Gasteiger partial charge in [0.1, 0.15) is 11.9 Å². The number of Topliss-reactive ketones (excluding diaryl/α,β-unsaturated/α-hetero) is 1. The second kappa shape index (κ2) is 4.35. The van der Waals surface area contributed by atoms with E-state index in [1.165, 1.54) is 6.07 Å². The maximum atomic E-state index is 13.5. The Morgan fingerprint density at radius 2 is 1.67 bits per heavy atom. The Kier molecular flexibility index (Phi) is 2.68. The lowest BCUT2D eigenvalue weighted by molar-refractivity contribution is 0.0953. The lowest BCUT2D eigenvalue weighted by Gasteiger charge is -1.98. The van der Waals surface area contributed by atoms with Gasteiger partial charge in [0.2, 0.25) is 0 Å². The van der Waals surface area contributed by atoms with Gasteiger partial charge in [-0.1, -0.05) is 48.5 Å². The van der Waals surface area contributed by atoms with Crippen molar-refractivity contribution in [1.82, 2.24) is 0 Å². The molecule has 90 valence electrons. The van der Waals surface area contributed by atoms with Crippen LogP contribution in [-0.2, 0) is 4.74 Å². The lowest BCUT2D eigenvalue weighted by Crippen LogP contribution is -2.08. The number of ketones is 1. The number of hydrogen-bond donors (Lipinski definition) is 0. The highest BCUT2D eigenvalue weighted by Crippen LogP contribution is 2.41. The average molecular weight is 242 g/mol. The molecule has 18 heavy (non-hydrogen) atoms. The van der Waals surface area contributed by atoms with Gasteiger partial charge in [-0.15, -0.1) is 0 Å². The number of hydrogen-bond acceptors (Lipinski definition) is 2. The van der Waals surface area contributed by atoms with Crippen LogP contribution in [0.3, 0.4) is 0 Å². The quantitative estimate of drug-likeness (QED) is 0.611. The summed E-state index contributed by atoms with van der Waals surface area (Å²) in [5.74, 6) is -0.422. The largest absolute Gasteiger partial charge is 0.356 e. The maximum Gasteiger partial charge on any atom is 0.194 e. The number of ether oxygens (including phenoxy) is 1. The molecule has 0 aliphatic carbocycles. The normalized spacial score (nSPS) is 21.6. The van der Waals surface area contributed by atoms with Gasteiger partial charge in [0, 0.05) is 11.1 Å². The monoisotopic (exact) mass is 242 g/mol. The zero-order valence-electron chi connectivity index (χ0n) is 9.55. The summed E-state index contributed by atoms with van der Waals surface area (Å²) in [6.45, 7) is 0. The second-order valence-electron chi connectivity index (χ2n) is 4.23. The third-order valence-electron chi connectivity index (χ3n) is 3.02. The summed E-state index contributed by atoms with van der Waals surface area (Å²) in [6.07, 6.45) is -0.997. The van der Waals surface area contributed by atoms with E-state index in [1.807, 2.05) is 6.07 Å². The molecule has 1 aliphatic heterocycles. The van der Waals surface area contributed by atoms with Crippen molar-refractivity contribution < 1.29 is 13.9 Å².